The summed E-state index contributed by atoms with van der Waals surface area (Å²) in [7, 11) is 0. The first-order chi connectivity index (χ1) is 11.4. The molecule has 0 spiro atoms. The van der Waals surface area contributed by atoms with E-state index in [1.54, 1.807) is 29.2 Å². The van der Waals surface area contributed by atoms with Gasteiger partial charge < -0.3 is 4.90 Å². The van der Waals surface area contributed by atoms with E-state index in [2.05, 4.69) is 0 Å². The van der Waals surface area contributed by atoms with E-state index >= 15 is 0 Å². The molecule has 0 saturated heterocycles. The van der Waals surface area contributed by atoms with Gasteiger partial charge in [-0.05, 0) is 44.2 Å². The molecule has 4 nitrogen and oxygen atoms in total. The lowest BCUT2D eigenvalue weighted by Crippen LogP contribution is -2.50. The van der Waals surface area contributed by atoms with Crippen molar-refractivity contribution in [1.82, 2.24) is 0 Å². The van der Waals surface area contributed by atoms with Crippen LogP contribution in [-0.2, 0) is 4.79 Å². The number of rotatable bonds is 2. The van der Waals surface area contributed by atoms with Crippen molar-refractivity contribution in [3.8, 4) is 0 Å². The van der Waals surface area contributed by atoms with Crippen molar-refractivity contribution in [3.05, 3.63) is 59.7 Å². The van der Waals surface area contributed by atoms with E-state index in [0.29, 0.717) is 11.4 Å². The summed E-state index contributed by atoms with van der Waals surface area (Å²) < 4.78 is 26.5. The van der Waals surface area contributed by atoms with Crippen molar-refractivity contribution in [2.45, 2.75) is 19.9 Å². The van der Waals surface area contributed by atoms with Crippen LogP contribution in [0.25, 0.3) is 0 Å². The van der Waals surface area contributed by atoms with Crippen LogP contribution in [0.2, 0.25) is 0 Å². The summed E-state index contributed by atoms with van der Waals surface area (Å²) in [5.41, 5.74) is 1.19. The summed E-state index contributed by atoms with van der Waals surface area (Å²) in [5.74, 6) is -2.88. The molecule has 2 amide bonds. The van der Waals surface area contributed by atoms with Crippen LogP contribution in [-0.4, -0.2) is 24.4 Å². The van der Waals surface area contributed by atoms with Gasteiger partial charge in [0.25, 0.3) is 5.91 Å². The van der Waals surface area contributed by atoms with Gasteiger partial charge in [-0.25, -0.2) is 8.78 Å². The van der Waals surface area contributed by atoms with Gasteiger partial charge in [0.2, 0.25) is 5.91 Å². The summed E-state index contributed by atoms with van der Waals surface area (Å²) >= 11 is 0. The van der Waals surface area contributed by atoms with Gasteiger partial charge in [0, 0.05) is 11.6 Å². The zero-order valence-electron chi connectivity index (χ0n) is 13.3. The molecule has 3 rings (SSSR count). The van der Waals surface area contributed by atoms with Crippen LogP contribution in [0.15, 0.2) is 42.5 Å². The molecular formula is C18H16F2N2O2. The van der Waals surface area contributed by atoms with Crippen LogP contribution < -0.4 is 9.80 Å². The number of fused-ring (bicyclic) bond motifs is 1. The van der Waals surface area contributed by atoms with E-state index in [1.165, 1.54) is 11.0 Å². The lowest BCUT2D eigenvalue weighted by molar-refractivity contribution is -0.117. The zero-order chi connectivity index (χ0) is 17.4. The average molecular weight is 330 g/mol. The number of carbonyl (C=O) groups is 2. The second kappa shape index (κ2) is 6.03. The van der Waals surface area contributed by atoms with Crippen molar-refractivity contribution in [2.75, 3.05) is 16.3 Å². The Labute approximate surface area is 138 Å². The second-order valence-electron chi connectivity index (χ2n) is 5.87. The van der Waals surface area contributed by atoms with Gasteiger partial charge >= 0.3 is 0 Å². The van der Waals surface area contributed by atoms with Crippen molar-refractivity contribution in [1.29, 1.82) is 0 Å². The maximum Gasteiger partial charge on any atom is 0.258 e. The third-order valence-corrected chi connectivity index (χ3v) is 3.92. The largest absolute Gasteiger partial charge is 0.306 e. The first kappa shape index (κ1) is 16.1. The molecule has 2 aromatic carbocycles. The Morgan fingerprint density at radius 1 is 1.04 bits per heavy atom. The SMILES string of the molecule is CC(C)N1C(=O)CN(C(=O)c2ccc(F)c(F)c2)c2ccccc21. The highest BCUT2D eigenvalue weighted by Crippen LogP contribution is 2.35. The Bertz CT molecular complexity index is 820. The van der Waals surface area contributed by atoms with Crippen molar-refractivity contribution in [2.24, 2.45) is 0 Å². The fourth-order valence-electron chi connectivity index (χ4n) is 2.86. The molecule has 1 aliphatic heterocycles. The fourth-order valence-corrected chi connectivity index (χ4v) is 2.86. The number of para-hydroxylation sites is 2. The van der Waals surface area contributed by atoms with Gasteiger partial charge in [-0.3, -0.25) is 14.5 Å². The van der Waals surface area contributed by atoms with Gasteiger partial charge in [0.1, 0.15) is 6.54 Å². The third-order valence-electron chi connectivity index (χ3n) is 3.92. The number of hydrogen-bond acceptors (Lipinski definition) is 2. The van der Waals surface area contributed by atoms with Crippen molar-refractivity contribution in [3.63, 3.8) is 0 Å². The number of benzene rings is 2. The summed E-state index contributed by atoms with van der Waals surface area (Å²) in [6.45, 7) is 3.63. The Kier molecular flexibility index (Phi) is 4.05. The molecule has 0 radical (unpaired) electrons. The van der Waals surface area contributed by atoms with Crippen LogP contribution in [0, 0.1) is 11.6 Å². The fraction of sp³-hybridized carbons (Fsp3) is 0.222. The average Bonchev–Trinajstić information content (AvgIpc) is 2.55. The maximum atomic E-state index is 13.4. The number of amides is 2. The highest BCUT2D eigenvalue weighted by Gasteiger charge is 2.34. The normalized spacial score (nSPS) is 14.1. The molecule has 2 aromatic rings. The molecule has 1 heterocycles. The molecule has 0 saturated carbocycles. The first-order valence-electron chi connectivity index (χ1n) is 7.58. The van der Waals surface area contributed by atoms with Gasteiger partial charge in [-0.1, -0.05) is 12.1 Å². The topological polar surface area (TPSA) is 40.6 Å². The standard InChI is InChI=1S/C18H16F2N2O2/c1-11(2)22-16-6-4-3-5-15(16)21(10-17(22)23)18(24)12-7-8-13(19)14(20)9-12/h3-9,11H,10H2,1-2H3. The molecule has 6 heteroatoms. The lowest BCUT2D eigenvalue weighted by atomic mass is 10.1. The Morgan fingerprint density at radius 2 is 1.71 bits per heavy atom. The molecule has 0 N–H and O–H groups in total. The van der Waals surface area contributed by atoms with Gasteiger partial charge in [-0.15, -0.1) is 0 Å². The monoisotopic (exact) mass is 330 g/mol. The molecule has 0 aromatic heterocycles. The smallest absolute Gasteiger partial charge is 0.258 e. The van der Waals surface area contributed by atoms with Crippen LogP contribution in [0.5, 0.6) is 0 Å². The molecular weight excluding hydrogens is 314 g/mol. The van der Waals surface area contributed by atoms with Crippen molar-refractivity contribution >= 4 is 23.2 Å². The molecule has 1 aliphatic rings. The highest BCUT2D eigenvalue weighted by molar-refractivity contribution is 6.16. The minimum atomic E-state index is -1.10. The lowest BCUT2D eigenvalue weighted by Gasteiger charge is -2.38. The molecule has 0 bridgehead atoms. The minimum Gasteiger partial charge on any atom is -0.306 e. The van der Waals surface area contributed by atoms with E-state index in [0.717, 1.165) is 12.1 Å². The summed E-state index contributed by atoms with van der Waals surface area (Å²) in [5, 5.41) is 0. The quantitative estimate of drug-likeness (QED) is 0.847. The Hall–Kier alpha value is -2.76. The molecule has 24 heavy (non-hydrogen) atoms. The number of anilines is 2. The molecule has 0 aliphatic carbocycles. The van der Waals surface area contributed by atoms with Crippen LogP contribution >= 0.6 is 0 Å². The van der Waals surface area contributed by atoms with Gasteiger partial charge in [0.05, 0.1) is 11.4 Å². The highest BCUT2D eigenvalue weighted by atomic mass is 19.2. The predicted octanol–water partition coefficient (Wildman–Crippen LogP) is 3.37. The van der Waals surface area contributed by atoms with Crippen LogP contribution in [0.1, 0.15) is 24.2 Å². The number of carbonyl (C=O) groups excluding carboxylic acids is 2. The summed E-state index contributed by atoms with van der Waals surface area (Å²) in [6.07, 6.45) is 0. The van der Waals surface area contributed by atoms with E-state index < -0.39 is 17.5 Å². The number of halogens is 2. The first-order valence-corrected chi connectivity index (χ1v) is 7.58. The Morgan fingerprint density at radius 3 is 2.33 bits per heavy atom. The predicted molar refractivity (Wildman–Crippen MR) is 87.1 cm³/mol. The molecule has 0 fully saturated rings. The van der Waals surface area contributed by atoms with E-state index in [4.69, 9.17) is 0 Å². The summed E-state index contributed by atoms with van der Waals surface area (Å²) in [6, 6.07) is 9.95. The van der Waals surface area contributed by atoms with E-state index in [-0.39, 0.29) is 24.1 Å². The molecule has 0 unspecified atom stereocenters. The molecule has 0 atom stereocenters. The number of hydrogen-bond donors (Lipinski definition) is 0. The third kappa shape index (κ3) is 2.64. The van der Waals surface area contributed by atoms with Crippen molar-refractivity contribution < 1.29 is 18.4 Å². The molecule has 124 valence electrons. The zero-order valence-corrected chi connectivity index (χ0v) is 13.3. The van der Waals surface area contributed by atoms with E-state index in [1.807, 2.05) is 13.8 Å². The Balaban J connectivity index is 2.05. The summed E-state index contributed by atoms with van der Waals surface area (Å²) in [4.78, 5) is 28.1. The van der Waals surface area contributed by atoms with Crippen LogP contribution in [0.3, 0.4) is 0 Å². The minimum absolute atomic E-state index is 0.00509. The van der Waals surface area contributed by atoms with E-state index in [9.17, 15) is 18.4 Å². The second-order valence-corrected chi connectivity index (χ2v) is 5.87. The number of nitrogens with zero attached hydrogens (tertiary/aromatic N) is 2. The van der Waals surface area contributed by atoms with Crippen LogP contribution in [0.4, 0.5) is 20.2 Å². The van der Waals surface area contributed by atoms with Gasteiger partial charge in [0.15, 0.2) is 11.6 Å². The van der Waals surface area contributed by atoms with Gasteiger partial charge in [-0.2, -0.15) is 0 Å². The maximum absolute atomic E-state index is 13.4.